The van der Waals surface area contributed by atoms with E-state index in [0.717, 1.165) is 5.69 Å². The van der Waals surface area contributed by atoms with Crippen molar-refractivity contribution in [1.82, 2.24) is 15.2 Å². The molecule has 1 aromatic heterocycles. The minimum atomic E-state index is 0.509. The highest BCUT2D eigenvalue weighted by molar-refractivity contribution is 5.54. The second-order valence-electron chi connectivity index (χ2n) is 2.64. The lowest BCUT2D eigenvalue weighted by molar-refractivity contribution is 1.09. The quantitative estimate of drug-likeness (QED) is 0.741. The number of nitrogens with one attached hydrogen (secondary N) is 2. The average molecular weight is 185 g/mol. The van der Waals surface area contributed by atoms with Gasteiger partial charge in [0.2, 0.25) is 5.95 Å². The number of benzene rings is 1. The van der Waals surface area contributed by atoms with Crippen LogP contribution in [-0.4, -0.2) is 15.2 Å². The van der Waals surface area contributed by atoms with Crippen molar-refractivity contribution in [3.05, 3.63) is 36.2 Å². The van der Waals surface area contributed by atoms with Crippen LogP contribution in [0.4, 0.5) is 11.6 Å². The van der Waals surface area contributed by atoms with E-state index in [1.54, 1.807) is 24.3 Å². The number of nitrogens with zero attached hydrogens (tertiary/aromatic N) is 3. The molecule has 0 saturated heterocycles. The van der Waals surface area contributed by atoms with Gasteiger partial charge in [-0.1, -0.05) is 0 Å². The fraction of sp³-hybridized carbons (Fsp3) is 0. The van der Waals surface area contributed by atoms with Crippen molar-refractivity contribution in [2.24, 2.45) is 0 Å². The van der Waals surface area contributed by atoms with Crippen LogP contribution in [0, 0.1) is 11.3 Å². The monoisotopic (exact) mass is 185 g/mol. The third-order valence-corrected chi connectivity index (χ3v) is 1.69. The smallest absolute Gasteiger partial charge is 0.246 e. The maximum absolute atomic E-state index is 8.59. The van der Waals surface area contributed by atoms with E-state index < -0.39 is 0 Å². The second-order valence-corrected chi connectivity index (χ2v) is 2.64. The van der Waals surface area contributed by atoms with E-state index >= 15 is 0 Å². The van der Waals surface area contributed by atoms with Gasteiger partial charge in [0, 0.05) is 5.69 Å². The molecule has 0 radical (unpaired) electrons. The first kappa shape index (κ1) is 8.26. The predicted octanol–water partition coefficient (Wildman–Crippen LogP) is 1.42. The van der Waals surface area contributed by atoms with Gasteiger partial charge < -0.3 is 5.32 Å². The minimum absolute atomic E-state index is 0.509. The van der Waals surface area contributed by atoms with Gasteiger partial charge in [-0.15, -0.1) is 5.10 Å². The molecule has 1 aromatic carbocycles. The van der Waals surface area contributed by atoms with Crippen molar-refractivity contribution in [2.75, 3.05) is 5.32 Å². The molecule has 68 valence electrons. The average Bonchev–Trinajstić information content (AvgIpc) is 2.72. The van der Waals surface area contributed by atoms with Gasteiger partial charge in [0.25, 0.3) is 0 Å². The van der Waals surface area contributed by atoms with Crippen molar-refractivity contribution in [1.29, 1.82) is 5.26 Å². The summed E-state index contributed by atoms with van der Waals surface area (Å²) in [5, 5.41) is 18.0. The number of H-pyrrole nitrogens is 1. The fourth-order valence-electron chi connectivity index (χ4n) is 1.03. The number of nitriles is 1. The van der Waals surface area contributed by atoms with Crippen molar-refractivity contribution in [3.63, 3.8) is 0 Å². The summed E-state index contributed by atoms with van der Waals surface area (Å²) in [6.07, 6.45) is 1.49. The van der Waals surface area contributed by atoms with E-state index in [-0.39, 0.29) is 0 Å². The Hall–Kier alpha value is -2.35. The molecule has 0 fully saturated rings. The largest absolute Gasteiger partial charge is 0.323 e. The number of hydrogen-bond acceptors (Lipinski definition) is 4. The molecular weight excluding hydrogens is 178 g/mol. The summed E-state index contributed by atoms with van der Waals surface area (Å²) in [4.78, 5) is 3.91. The standard InChI is InChI=1S/C9H7N5/c10-5-7-1-3-8(4-2-7)13-9-11-6-12-14-9/h1-4,6H,(H2,11,12,13,14). The van der Waals surface area contributed by atoms with E-state index in [1.807, 2.05) is 6.07 Å². The Labute approximate surface area is 80.4 Å². The number of hydrogen-bond donors (Lipinski definition) is 2. The maximum Gasteiger partial charge on any atom is 0.246 e. The molecule has 0 atom stereocenters. The van der Waals surface area contributed by atoms with Gasteiger partial charge in [-0.05, 0) is 24.3 Å². The highest BCUT2D eigenvalue weighted by atomic mass is 15.3. The summed E-state index contributed by atoms with van der Waals surface area (Å²) in [6.45, 7) is 0. The molecule has 0 aliphatic rings. The van der Waals surface area contributed by atoms with Crippen molar-refractivity contribution in [3.8, 4) is 6.07 Å². The van der Waals surface area contributed by atoms with Gasteiger partial charge in [-0.3, -0.25) is 5.10 Å². The Morgan fingerprint density at radius 1 is 1.29 bits per heavy atom. The molecule has 14 heavy (non-hydrogen) atoms. The van der Waals surface area contributed by atoms with Gasteiger partial charge in [0.05, 0.1) is 11.6 Å². The molecule has 0 aliphatic heterocycles. The number of rotatable bonds is 2. The molecule has 0 saturated carbocycles. The van der Waals surface area contributed by atoms with Crippen LogP contribution < -0.4 is 5.32 Å². The summed E-state index contributed by atoms with van der Waals surface area (Å²) in [7, 11) is 0. The zero-order valence-electron chi connectivity index (χ0n) is 7.23. The molecule has 0 unspecified atom stereocenters. The Bertz CT molecular complexity index is 437. The molecule has 0 aliphatic carbocycles. The lowest BCUT2D eigenvalue weighted by Gasteiger charge is -1.99. The zero-order valence-corrected chi connectivity index (χ0v) is 7.23. The van der Waals surface area contributed by atoms with Crippen LogP contribution in [-0.2, 0) is 0 Å². The van der Waals surface area contributed by atoms with Crippen molar-refractivity contribution < 1.29 is 0 Å². The molecule has 0 amide bonds. The van der Waals surface area contributed by atoms with Crippen molar-refractivity contribution in [2.45, 2.75) is 0 Å². The van der Waals surface area contributed by atoms with E-state index in [9.17, 15) is 0 Å². The lowest BCUT2D eigenvalue weighted by Crippen LogP contribution is -1.91. The summed E-state index contributed by atoms with van der Waals surface area (Å²) in [5.74, 6) is 0.509. The summed E-state index contributed by atoms with van der Waals surface area (Å²) in [5.41, 5.74) is 1.48. The van der Waals surface area contributed by atoms with Crippen molar-refractivity contribution >= 4 is 11.6 Å². The minimum Gasteiger partial charge on any atom is -0.323 e. The lowest BCUT2D eigenvalue weighted by atomic mass is 10.2. The Kier molecular flexibility index (Phi) is 2.11. The highest BCUT2D eigenvalue weighted by Gasteiger charge is 1.96. The molecule has 5 nitrogen and oxygen atoms in total. The molecule has 1 heterocycles. The SMILES string of the molecule is N#Cc1ccc(Nc2nc[nH]n2)cc1. The van der Waals surface area contributed by atoms with Gasteiger partial charge in [-0.2, -0.15) is 5.26 Å². The summed E-state index contributed by atoms with van der Waals surface area (Å²) >= 11 is 0. The van der Waals surface area contributed by atoms with Gasteiger partial charge in [0.15, 0.2) is 0 Å². The van der Waals surface area contributed by atoms with Crippen LogP contribution in [0.1, 0.15) is 5.56 Å². The van der Waals surface area contributed by atoms with Crippen LogP contribution in [0.3, 0.4) is 0 Å². The molecule has 0 bridgehead atoms. The van der Waals surface area contributed by atoms with E-state index in [1.165, 1.54) is 6.33 Å². The summed E-state index contributed by atoms with van der Waals surface area (Å²) in [6, 6.07) is 9.11. The first-order chi connectivity index (χ1) is 6.88. The first-order valence-corrected chi connectivity index (χ1v) is 4.01. The summed E-state index contributed by atoms with van der Waals surface area (Å²) < 4.78 is 0. The van der Waals surface area contributed by atoms with Gasteiger partial charge in [0.1, 0.15) is 6.33 Å². The molecule has 2 rings (SSSR count). The molecule has 2 N–H and O–H groups in total. The highest BCUT2D eigenvalue weighted by Crippen LogP contribution is 2.12. The third-order valence-electron chi connectivity index (χ3n) is 1.69. The van der Waals surface area contributed by atoms with Crippen LogP contribution in [0.25, 0.3) is 0 Å². The van der Waals surface area contributed by atoms with Crippen LogP contribution in [0.15, 0.2) is 30.6 Å². The normalized spacial score (nSPS) is 9.36. The third kappa shape index (κ3) is 1.69. The van der Waals surface area contributed by atoms with E-state index in [0.29, 0.717) is 11.5 Å². The van der Waals surface area contributed by atoms with Crippen LogP contribution in [0.5, 0.6) is 0 Å². The Morgan fingerprint density at radius 2 is 2.07 bits per heavy atom. The number of anilines is 2. The van der Waals surface area contributed by atoms with Gasteiger partial charge in [-0.25, -0.2) is 4.98 Å². The van der Waals surface area contributed by atoms with Crippen LogP contribution in [0.2, 0.25) is 0 Å². The Balaban J connectivity index is 2.15. The topological polar surface area (TPSA) is 77.4 Å². The fourth-order valence-corrected chi connectivity index (χ4v) is 1.03. The molecule has 0 spiro atoms. The van der Waals surface area contributed by atoms with Gasteiger partial charge >= 0.3 is 0 Å². The zero-order chi connectivity index (χ0) is 9.80. The Morgan fingerprint density at radius 3 is 2.64 bits per heavy atom. The number of aromatic nitrogens is 3. The second kappa shape index (κ2) is 3.58. The predicted molar refractivity (Wildman–Crippen MR) is 50.8 cm³/mol. The molecule has 5 heteroatoms. The molecular formula is C9H7N5. The van der Waals surface area contributed by atoms with Crippen LogP contribution >= 0.6 is 0 Å². The van der Waals surface area contributed by atoms with E-state index in [4.69, 9.17) is 5.26 Å². The number of aromatic amines is 1. The molecule has 2 aromatic rings. The van der Waals surface area contributed by atoms with E-state index in [2.05, 4.69) is 20.5 Å². The first-order valence-electron chi connectivity index (χ1n) is 4.01. The maximum atomic E-state index is 8.59.